The van der Waals surface area contributed by atoms with E-state index < -0.39 is 17.6 Å². The standard InChI is InChI=1S/C24H18F3N5O2/c1-14-3-2-10-32-12-20(28-21(14)32)22(33)31-23-29-18-9-8-17(11-19(18)30-23)34-13-15-4-6-16(7-5-15)24(25,26)27/h2-12H,13H2,1H3,(H2,29,30,31,33). The Morgan fingerprint density at radius 2 is 1.91 bits per heavy atom. The minimum absolute atomic E-state index is 0.102. The molecule has 0 fully saturated rings. The van der Waals surface area contributed by atoms with Crippen molar-refractivity contribution in [1.82, 2.24) is 19.4 Å². The van der Waals surface area contributed by atoms with Gasteiger partial charge in [-0.25, -0.2) is 9.97 Å². The van der Waals surface area contributed by atoms with Gasteiger partial charge in [-0.3, -0.25) is 10.1 Å². The van der Waals surface area contributed by atoms with E-state index in [-0.39, 0.29) is 18.2 Å². The van der Waals surface area contributed by atoms with Gasteiger partial charge in [-0.05, 0) is 48.4 Å². The zero-order chi connectivity index (χ0) is 23.9. The number of nitrogens with one attached hydrogen (secondary N) is 2. The van der Waals surface area contributed by atoms with E-state index in [1.807, 2.05) is 25.3 Å². The van der Waals surface area contributed by atoms with Crippen molar-refractivity contribution in [1.29, 1.82) is 0 Å². The second kappa shape index (κ2) is 8.22. The molecule has 0 aliphatic carbocycles. The van der Waals surface area contributed by atoms with Crippen molar-refractivity contribution in [3.63, 3.8) is 0 Å². The largest absolute Gasteiger partial charge is 0.489 e. The summed E-state index contributed by atoms with van der Waals surface area (Å²) < 4.78 is 45.5. The molecule has 2 N–H and O–H groups in total. The van der Waals surface area contributed by atoms with Gasteiger partial charge in [-0.1, -0.05) is 18.2 Å². The number of halogens is 3. The van der Waals surface area contributed by atoms with Crippen molar-refractivity contribution in [3.05, 3.63) is 89.4 Å². The Hall–Kier alpha value is -4.34. The number of H-pyrrole nitrogens is 1. The van der Waals surface area contributed by atoms with Crippen LogP contribution in [0.15, 0.2) is 67.0 Å². The molecule has 2 aromatic carbocycles. The Morgan fingerprint density at radius 3 is 2.65 bits per heavy atom. The Morgan fingerprint density at radius 1 is 1.12 bits per heavy atom. The van der Waals surface area contributed by atoms with Gasteiger partial charge in [0.2, 0.25) is 5.95 Å². The van der Waals surface area contributed by atoms with Crippen molar-refractivity contribution >= 4 is 28.5 Å². The summed E-state index contributed by atoms with van der Waals surface area (Å²) in [5.74, 6) is 0.349. The molecule has 0 unspecified atom stereocenters. The normalized spacial score (nSPS) is 11.8. The van der Waals surface area contributed by atoms with E-state index in [2.05, 4.69) is 20.3 Å². The summed E-state index contributed by atoms with van der Waals surface area (Å²) >= 11 is 0. The molecule has 5 aromatic rings. The van der Waals surface area contributed by atoms with Crippen LogP contribution in [0.25, 0.3) is 16.7 Å². The molecule has 3 aromatic heterocycles. The highest BCUT2D eigenvalue weighted by Crippen LogP contribution is 2.29. The highest BCUT2D eigenvalue weighted by molar-refractivity contribution is 6.03. The smallest absolute Gasteiger partial charge is 0.416 e. The van der Waals surface area contributed by atoms with Crippen LogP contribution in [0.1, 0.15) is 27.2 Å². The van der Waals surface area contributed by atoms with E-state index in [1.165, 1.54) is 12.1 Å². The average molecular weight is 465 g/mol. The van der Waals surface area contributed by atoms with E-state index in [9.17, 15) is 18.0 Å². The number of benzene rings is 2. The summed E-state index contributed by atoms with van der Waals surface area (Å²) in [5, 5.41) is 2.71. The molecular weight excluding hydrogens is 447 g/mol. The second-order valence-electron chi connectivity index (χ2n) is 7.75. The molecule has 0 aliphatic heterocycles. The van der Waals surface area contributed by atoms with E-state index in [4.69, 9.17) is 4.74 Å². The van der Waals surface area contributed by atoms with Crippen LogP contribution in [0.2, 0.25) is 0 Å². The molecule has 1 amide bonds. The summed E-state index contributed by atoms with van der Waals surface area (Å²) in [4.78, 5) is 24.4. The van der Waals surface area contributed by atoms with Gasteiger partial charge in [0.15, 0.2) is 0 Å². The summed E-state index contributed by atoms with van der Waals surface area (Å²) in [6.07, 6.45) is -0.908. The summed E-state index contributed by atoms with van der Waals surface area (Å²) in [7, 11) is 0. The number of amides is 1. The lowest BCUT2D eigenvalue weighted by Gasteiger charge is -2.09. The second-order valence-corrected chi connectivity index (χ2v) is 7.75. The minimum Gasteiger partial charge on any atom is -0.489 e. The summed E-state index contributed by atoms with van der Waals surface area (Å²) in [5.41, 5.74) is 3.05. The van der Waals surface area contributed by atoms with Crippen molar-refractivity contribution in [2.24, 2.45) is 0 Å². The first-order chi connectivity index (χ1) is 16.3. The van der Waals surface area contributed by atoms with E-state index in [0.717, 1.165) is 17.7 Å². The number of hydrogen-bond donors (Lipinski definition) is 2. The average Bonchev–Trinajstić information content (AvgIpc) is 3.41. The number of aryl methyl sites for hydroxylation is 1. The Bertz CT molecular complexity index is 1500. The predicted molar refractivity (Wildman–Crippen MR) is 120 cm³/mol. The number of anilines is 1. The number of ether oxygens (including phenoxy) is 1. The van der Waals surface area contributed by atoms with Gasteiger partial charge in [0, 0.05) is 18.5 Å². The maximum Gasteiger partial charge on any atom is 0.416 e. The topological polar surface area (TPSA) is 84.3 Å². The molecule has 0 saturated heterocycles. The Labute approximate surface area is 191 Å². The van der Waals surface area contributed by atoms with E-state index in [1.54, 1.807) is 28.8 Å². The molecule has 0 saturated carbocycles. The fourth-order valence-electron chi connectivity index (χ4n) is 3.53. The van der Waals surface area contributed by atoms with Crippen LogP contribution in [-0.2, 0) is 12.8 Å². The van der Waals surface area contributed by atoms with Crippen molar-refractivity contribution in [2.75, 3.05) is 5.32 Å². The molecule has 172 valence electrons. The fraction of sp³-hybridized carbons (Fsp3) is 0.125. The SMILES string of the molecule is Cc1cccn2cc(C(=O)Nc3nc4cc(OCc5ccc(C(F)(F)F)cc5)ccc4[nH]3)nc12. The van der Waals surface area contributed by atoms with E-state index >= 15 is 0 Å². The third kappa shape index (κ3) is 4.29. The van der Waals surface area contributed by atoms with Gasteiger partial charge in [-0.2, -0.15) is 13.2 Å². The molecule has 0 spiro atoms. The number of carbonyl (C=O) groups excluding carboxylic acids is 1. The van der Waals surface area contributed by atoms with Crippen molar-refractivity contribution in [2.45, 2.75) is 19.7 Å². The number of nitrogens with zero attached hydrogens (tertiary/aromatic N) is 3. The highest BCUT2D eigenvalue weighted by Gasteiger charge is 2.29. The molecular formula is C24H18F3N5O2. The maximum absolute atomic E-state index is 12.7. The molecule has 10 heteroatoms. The fourth-order valence-corrected chi connectivity index (χ4v) is 3.53. The van der Waals surface area contributed by atoms with Crippen LogP contribution in [0.3, 0.4) is 0 Å². The van der Waals surface area contributed by atoms with Gasteiger partial charge in [-0.15, -0.1) is 0 Å². The van der Waals surface area contributed by atoms with Crippen LogP contribution >= 0.6 is 0 Å². The third-order valence-corrected chi connectivity index (χ3v) is 5.28. The number of imidazole rings is 2. The Balaban J connectivity index is 1.27. The molecule has 3 heterocycles. The monoisotopic (exact) mass is 465 g/mol. The van der Waals surface area contributed by atoms with E-state index in [0.29, 0.717) is 28.0 Å². The quantitative estimate of drug-likeness (QED) is 0.366. The minimum atomic E-state index is -4.37. The van der Waals surface area contributed by atoms with Crippen molar-refractivity contribution in [3.8, 4) is 5.75 Å². The number of carbonyl (C=O) groups is 1. The van der Waals surface area contributed by atoms with Crippen LogP contribution in [-0.4, -0.2) is 25.3 Å². The van der Waals surface area contributed by atoms with Crippen LogP contribution < -0.4 is 10.1 Å². The zero-order valence-electron chi connectivity index (χ0n) is 17.8. The van der Waals surface area contributed by atoms with Crippen LogP contribution in [0, 0.1) is 6.92 Å². The maximum atomic E-state index is 12.7. The first kappa shape index (κ1) is 21.5. The lowest BCUT2D eigenvalue weighted by molar-refractivity contribution is -0.137. The first-order valence-electron chi connectivity index (χ1n) is 10.3. The molecule has 7 nitrogen and oxygen atoms in total. The molecule has 5 rings (SSSR count). The van der Waals surface area contributed by atoms with Gasteiger partial charge >= 0.3 is 6.18 Å². The van der Waals surface area contributed by atoms with Crippen molar-refractivity contribution < 1.29 is 22.7 Å². The third-order valence-electron chi connectivity index (χ3n) is 5.28. The lowest BCUT2D eigenvalue weighted by atomic mass is 10.1. The van der Waals surface area contributed by atoms with Gasteiger partial charge in [0.1, 0.15) is 23.7 Å². The first-order valence-corrected chi connectivity index (χ1v) is 10.3. The predicted octanol–water partition coefficient (Wildman–Crippen LogP) is 5.37. The number of pyridine rings is 1. The number of fused-ring (bicyclic) bond motifs is 2. The number of alkyl halides is 3. The molecule has 0 atom stereocenters. The van der Waals surface area contributed by atoms with Crippen LogP contribution in [0.5, 0.6) is 5.75 Å². The molecule has 0 radical (unpaired) electrons. The molecule has 34 heavy (non-hydrogen) atoms. The van der Waals surface area contributed by atoms with Gasteiger partial charge in [0.05, 0.1) is 16.6 Å². The molecule has 0 aliphatic rings. The van der Waals surface area contributed by atoms with Gasteiger partial charge in [0.25, 0.3) is 5.91 Å². The number of rotatable bonds is 5. The number of hydrogen-bond acceptors (Lipinski definition) is 4. The number of aromatic amines is 1. The number of aromatic nitrogens is 4. The highest BCUT2D eigenvalue weighted by atomic mass is 19.4. The summed E-state index contributed by atoms with van der Waals surface area (Å²) in [6, 6.07) is 13.7. The summed E-state index contributed by atoms with van der Waals surface area (Å²) in [6.45, 7) is 2.02. The Kier molecular flexibility index (Phi) is 5.20. The lowest BCUT2D eigenvalue weighted by Crippen LogP contribution is -2.13. The molecule has 0 bridgehead atoms. The van der Waals surface area contributed by atoms with Gasteiger partial charge < -0.3 is 14.1 Å². The zero-order valence-corrected chi connectivity index (χ0v) is 17.8. The van der Waals surface area contributed by atoms with Crippen LogP contribution in [0.4, 0.5) is 19.1 Å².